The molecule has 0 aliphatic heterocycles. The summed E-state index contributed by atoms with van der Waals surface area (Å²) in [6, 6.07) is 11.6. The number of amides is 1. The van der Waals surface area contributed by atoms with Crippen LogP contribution in [0.3, 0.4) is 0 Å². The number of nitrogens with zero attached hydrogens (tertiary/aromatic N) is 5. The van der Waals surface area contributed by atoms with Crippen LogP contribution in [0.5, 0.6) is 0 Å². The van der Waals surface area contributed by atoms with Gasteiger partial charge < -0.3 is 5.32 Å². The molecule has 3 heterocycles. The molecule has 0 aliphatic carbocycles. The van der Waals surface area contributed by atoms with E-state index in [-0.39, 0.29) is 5.56 Å². The molecule has 1 N–H and O–H groups in total. The van der Waals surface area contributed by atoms with Crippen LogP contribution >= 0.6 is 11.3 Å². The molecule has 9 heteroatoms. The first-order chi connectivity index (χ1) is 13.1. The Hall–Kier alpha value is -3.46. The van der Waals surface area contributed by atoms with E-state index in [1.807, 2.05) is 23.6 Å². The number of thiazole rings is 1. The van der Waals surface area contributed by atoms with Gasteiger partial charge in [0.25, 0.3) is 11.5 Å². The van der Waals surface area contributed by atoms with Crippen molar-refractivity contribution in [2.24, 2.45) is 0 Å². The van der Waals surface area contributed by atoms with Gasteiger partial charge >= 0.3 is 0 Å². The fraction of sp³-hybridized carbons (Fsp3) is 0.111. The number of pyridine rings is 1. The smallest absolute Gasteiger partial charge is 0.278 e. The van der Waals surface area contributed by atoms with Crippen LogP contribution in [0, 0.1) is 0 Å². The van der Waals surface area contributed by atoms with Crippen LogP contribution in [0.15, 0.2) is 58.8 Å². The van der Waals surface area contributed by atoms with Crippen molar-refractivity contribution in [1.82, 2.24) is 25.0 Å². The number of fused-ring (bicyclic) bond motifs is 1. The third-order valence-electron chi connectivity index (χ3n) is 4.00. The summed E-state index contributed by atoms with van der Waals surface area (Å²) in [5, 5.41) is 13.3. The summed E-state index contributed by atoms with van der Waals surface area (Å²) in [6.07, 6.45) is 1.68. The third kappa shape index (κ3) is 3.32. The van der Waals surface area contributed by atoms with Crippen molar-refractivity contribution in [3.8, 4) is 11.4 Å². The van der Waals surface area contributed by atoms with Gasteiger partial charge in [0.2, 0.25) is 0 Å². The Bertz CT molecular complexity index is 1170. The molecule has 0 aliphatic rings. The highest BCUT2D eigenvalue weighted by atomic mass is 32.1. The summed E-state index contributed by atoms with van der Waals surface area (Å²) in [5.74, 6) is -0.399. The van der Waals surface area contributed by atoms with Crippen LogP contribution in [0.1, 0.15) is 13.0 Å². The Morgan fingerprint density at radius 3 is 2.78 bits per heavy atom. The molecule has 1 unspecified atom stereocenters. The molecule has 1 atom stereocenters. The second-order valence-corrected chi connectivity index (χ2v) is 6.63. The molecule has 8 nitrogen and oxygen atoms in total. The van der Waals surface area contributed by atoms with E-state index in [0.29, 0.717) is 21.7 Å². The zero-order valence-electron chi connectivity index (χ0n) is 14.2. The van der Waals surface area contributed by atoms with Gasteiger partial charge in [0.05, 0.1) is 11.1 Å². The van der Waals surface area contributed by atoms with Crippen molar-refractivity contribution in [2.45, 2.75) is 13.0 Å². The maximum atomic E-state index is 12.6. The standard InChI is InChI=1S/C18H14N6O2S/c1-11(24-17(26)12-6-2-3-7-13(12)22-23-24)16(25)21-18-20-15(10-27-18)14-8-4-5-9-19-14/h2-11H,1H3,(H,20,21,25). The highest BCUT2D eigenvalue weighted by Gasteiger charge is 2.20. The van der Waals surface area contributed by atoms with E-state index in [4.69, 9.17) is 0 Å². The fourth-order valence-corrected chi connectivity index (χ4v) is 3.25. The molecular weight excluding hydrogens is 364 g/mol. The molecule has 4 rings (SSSR count). The first kappa shape index (κ1) is 17.0. The SMILES string of the molecule is CC(C(=O)Nc1nc(-c2ccccn2)cs1)n1nnc2ccccc2c1=O. The molecule has 0 spiro atoms. The molecular formula is C18H14N6O2S. The maximum Gasteiger partial charge on any atom is 0.278 e. The lowest BCUT2D eigenvalue weighted by atomic mass is 10.2. The molecule has 0 saturated heterocycles. The average molecular weight is 378 g/mol. The number of rotatable bonds is 4. The van der Waals surface area contributed by atoms with Crippen LogP contribution in [-0.2, 0) is 4.79 Å². The molecule has 1 aromatic carbocycles. The predicted molar refractivity (Wildman–Crippen MR) is 102 cm³/mol. The monoisotopic (exact) mass is 378 g/mol. The van der Waals surface area contributed by atoms with Crippen LogP contribution in [0.4, 0.5) is 5.13 Å². The van der Waals surface area contributed by atoms with Crippen molar-refractivity contribution in [3.05, 3.63) is 64.4 Å². The van der Waals surface area contributed by atoms with Crippen LogP contribution in [0.2, 0.25) is 0 Å². The van der Waals surface area contributed by atoms with Crippen molar-refractivity contribution >= 4 is 33.3 Å². The highest BCUT2D eigenvalue weighted by molar-refractivity contribution is 7.14. The second kappa shape index (κ2) is 7.04. The zero-order valence-corrected chi connectivity index (χ0v) is 15.1. The summed E-state index contributed by atoms with van der Waals surface area (Å²) in [7, 11) is 0. The van der Waals surface area contributed by atoms with Gasteiger partial charge in [-0.25, -0.2) is 4.98 Å². The maximum absolute atomic E-state index is 12.6. The summed E-state index contributed by atoms with van der Waals surface area (Å²) in [4.78, 5) is 33.7. The van der Waals surface area contributed by atoms with E-state index in [9.17, 15) is 9.59 Å². The number of nitrogens with one attached hydrogen (secondary N) is 1. The van der Waals surface area contributed by atoms with Gasteiger partial charge in [0.15, 0.2) is 5.13 Å². The largest absolute Gasteiger partial charge is 0.300 e. The van der Waals surface area contributed by atoms with Crippen molar-refractivity contribution in [2.75, 3.05) is 5.32 Å². The number of benzene rings is 1. The molecule has 0 bridgehead atoms. The van der Waals surface area contributed by atoms with Crippen LogP contribution < -0.4 is 10.9 Å². The minimum absolute atomic E-state index is 0.364. The minimum Gasteiger partial charge on any atom is -0.300 e. The molecule has 4 aromatic rings. The lowest BCUT2D eigenvalue weighted by Crippen LogP contribution is -2.34. The van der Waals surface area contributed by atoms with E-state index in [1.54, 1.807) is 37.4 Å². The molecule has 0 radical (unpaired) electrons. The van der Waals surface area contributed by atoms with Gasteiger partial charge in [-0.05, 0) is 31.2 Å². The number of hydrogen-bond acceptors (Lipinski definition) is 7. The topological polar surface area (TPSA) is 103 Å². The van der Waals surface area contributed by atoms with Gasteiger partial charge in [-0.1, -0.05) is 23.4 Å². The van der Waals surface area contributed by atoms with E-state index in [0.717, 1.165) is 10.4 Å². The Labute approximate surface area is 157 Å². The van der Waals surface area contributed by atoms with Gasteiger partial charge in [-0.15, -0.1) is 16.4 Å². The predicted octanol–water partition coefficient (Wildman–Crippen LogP) is 2.51. The Kier molecular flexibility index (Phi) is 4.43. The summed E-state index contributed by atoms with van der Waals surface area (Å²) in [5.41, 5.74) is 1.52. The Morgan fingerprint density at radius 2 is 1.96 bits per heavy atom. The van der Waals surface area contributed by atoms with E-state index in [1.165, 1.54) is 11.3 Å². The summed E-state index contributed by atoms with van der Waals surface area (Å²) in [6.45, 7) is 1.59. The number of carbonyl (C=O) groups excluding carboxylic acids is 1. The summed E-state index contributed by atoms with van der Waals surface area (Å²) < 4.78 is 1.07. The van der Waals surface area contributed by atoms with Gasteiger partial charge in [0, 0.05) is 11.6 Å². The fourth-order valence-electron chi connectivity index (χ4n) is 2.54. The number of anilines is 1. The van der Waals surface area contributed by atoms with Crippen molar-refractivity contribution < 1.29 is 4.79 Å². The normalized spacial score (nSPS) is 12.0. The Balaban J connectivity index is 1.56. The lowest BCUT2D eigenvalue weighted by Gasteiger charge is -2.12. The molecule has 0 saturated carbocycles. The van der Waals surface area contributed by atoms with Crippen molar-refractivity contribution in [1.29, 1.82) is 0 Å². The molecule has 27 heavy (non-hydrogen) atoms. The van der Waals surface area contributed by atoms with E-state index >= 15 is 0 Å². The average Bonchev–Trinajstić information content (AvgIpc) is 3.17. The number of hydrogen-bond donors (Lipinski definition) is 1. The number of carbonyl (C=O) groups is 1. The van der Waals surface area contributed by atoms with E-state index < -0.39 is 11.9 Å². The quantitative estimate of drug-likeness (QED) is 0.585. The van der Waals surface area contributed by atoms with Gasteiger partial charge in [-0.2, -0.15) is 4.68 Å². The van der Waals surface area contributed by atoms with Crippen molar-refractivity contribution in [3.63, 3.8) is 0 Å². The highest BCUT2D eigenvalue weighted by Crippen LogP contribution is 2.23. The Morgan fingerprint density at radius 1 is 1.15 bits per heavy atom. The zero-order chi connectivity index (χ0) is 18.8. The minimum atomic E-state index is -0.836. The van der Waals surface area contributed by atoms with Crippen LogP contribution in [-0.4, -0.2) is 30.9 Å². The number of aromatic nitrogens is 5. The molecule has 0 fully saturated rings. The molecule has 3 aromatic heterocycles. The lowest BCUT2D eigenvalue weighted by molar-refractivity contribution is -0.119. The first-order valence-corrected chi connectivity index (χ1v) is 9.03. The molecule has 134 valence electrons. The van der Waals surface area contributed by atoms with Gasteiger partial charge in [0.1, 0.15) is 17.3 Å². The first-order valence-electron chi connectivity index (χ1n) is 8.15. The third-order valence-corrected chi connectivity index (χ3v) is 4.76. The van der Waals surface area contributed by atoms with Crippen LogP contribution in [0.25, 0.3) is 22.3 Å². The van der Waals surface area contributed by atoms with E-state index in [2.05, 4.69) is 25.6 Å². The molecule has 1 amide bonds. The van der Waals surface area contributed by atoms with Gasteiger partial charge in [-0.3, -0.25) is 14.6 Å². The summed E-state index contributed by atoms with van der Waals surface area (Å²) >= 11 is 1.29. The second-order valence-electron chi connectivity index (χ2n) is 5.77.